The van der Waals surface area contributed by atoms with Crippen molar-refractivity contribution >= 4 is 15.2 Å². The Morgan fingerprint density at radius 3 is 0.875 bits per heavy atom. The third-order valence-corrected chi connectivity index (χ3v) is 27.7. The van der Waals surface area contributed by atoms with Crippen molar-refractivity contribution in [2.45, 2.75) is 87.6 Å². The molecule has 0 unspecified atom stereocenters. The second-order valence-corrected chi connectivity index (χ2v) is 21.4. The maximum atomic E-state index is 1.79. The van der Waals surface area contributed by atoms with Gasteiger partial charge in [-0.2, -0.15) is 0 Å². The lowest BCUT2D eigenvalue weighted by Gasteiger charge is -2.50. The van der Waals surface area contributed by atoms with Crippen molar-refractivity contribution in [1.29, 1.82) is 0 Å². The van der Waals surface area contributed by atoms with E-state index < -0.39 is 15.2 Å². The fourth-order valence-corrected chi connectivity index (χ4v) is 28.4. The molecule has 0 aliphatic carbocycles. The first kappa shape index (κ1) is 11.5. The van der Waals surface area contributed by atoms with E-state index >= 15 is 0 Å². The molecule has 0 atom stereocenters. The molecule has 16 heavy (non-hydrogen) atoms. The average Bonchev–Trinajstić information content (AvgIpc) is 2.58. The Balaban J connectivity index is 1.95. The second kappa shape index (κ2) is 4.60. The van der Waals surface area contributed by atoms with Crippen molar-refractivity contribution in [2.75, 3.05) is 0 Å². The van der Waals surface area contributed by atoms with Crippen LogP contribution in [0, 0.1) is 0 Å². The third-order valence-electron chi connectivity index (χ3n) is 6.31. The third kappa shape index (κ3) is 1.76. The van der Waals surface area contributed by atoms with Crippen LogP contribution in [0.25, 0.3) is 0 Å². The normalized spacial score (nSPS) is 45.0. The van der Waals surface area contributed by atoms with E-state index in [9.17, 15) is 0 Å². The van der Waals surface area contributed by atoms with Crippen LogP contribution in [0.2, 0.25) is 36.3 Å². The Kier molecular flexibility index (Phi) is 3.31. The number of hydrogen-bond acceptors (Lipinski definition) is 0. The van der Waals surface area contributed by atoms with Crippen LogP contribution in [0.1, 0.15) is 51.4 Å². The molecule has 3 heterocycles. The summed E-state index contributed by atoms with van der Waals surface area (Å²) in [7, 11) is -1.40. The molecule has 0 aromatic rings. The van der Waals surface area contributed by atoms with Crippen LogP contribution in [0.15, 0.2) is 0 Å². The van der Waals surface area contributed by atoms with Crippen molar-refractivity contribution in [1.82, 2.24) is 0 Å². The average molecular weight is 253 g/mol. The molecule has 0 aromatic heterocycles. The van der Waals surface area contributed by atoms with Gasteiger partial charge in [-0.25, -0.2) is 0 Å². The maximum absolute atomic E-state index is 1.79. The Morgan fingerprint density at radius 2 is 0.562 bits per heavy atom. The molecular formula is C14H28Si2. The zero-order valence-corrected chi connectivity index (χ0v) is 12.9. The van der Waals surface area contributed by atoms with Gasteiger partial charge in [0.05, 0.1) is 0 Å². The fraction of sp³-hybridized carbons (Fsp3) is 1.00. The van der Waals surface area contributed by atoms with Crippen LogP contribution in [-0.4, -0.2) is 15.2 Å². The van der Waals surface area contributed by atoms with Gasteiger partial charge in [-0.15, -0.1) is 0 Å². The van der Waals surface area contributed by atoms with E-state index in [0.29, 0.717) is 0 Å². The summed E-state index contributed by atoms with van der Waals surface area (Å²) < 4.78 is 0. The zero-order chi connectivity index (χ0) is 10.9. The van der Waals surface area contributed by atoms with Crippen molar-refractivity contribution in [2.24, 2.45) is 0 Å². The van der Waals surface area contributed by atoms with Gasteiger partial charge < -0.3 is 0 Å². The lowest BCUT2D eigenvalue weighted by Crippen LogP contribution is -2.62. The highest BCUT2D eigenvalue weighted by Gasteiger charge is 2.54. The second-order valence-electron chi connectivity index (χ2n) is 6.89. The minimum atomic E-state index is -0.698. The molecule has 0 nitrogen and oxygen atoms in total. The highest BCUT2D eigenvalue weighted by atomic mass is 29.3. The summed E-state index contributed by atoms with van der Waals surface area (Å²) >= 11 is 0. The molecule has 0 saturated carbocycles. The maximum Gasteiger partial charge on any atom is 0.0479 e. The van der Waals surface area contributed by atoms with E-state index in [1.54, 1.807) is 87.6 Å². The van der Waals surface area contributed by atoms with E-state index in [2.05, 4.69) is 0 Å². The van der Waals surface area contributed by atoms with Crippen molar-refractivity contribution in [3.63, 3.8) is 0 Å². The molecule has 0 aromatic carbocycles. The molecule has 3 aliphatic rings. The van der Waals surface area contributed by atoms with Gasteiger partial charge in [0.1, 0.15) is 0 Å². The SMILES string of the molecule is C1CC[Si]23CCCCC[Si]2(CC1)CCCC3. The Labute approximate surface area is 103 Å². The van der Waals surface area contributed by atoms with E-state index in [0.717, 1.165) is 0 Å². The summed E-state index contributed by atoms with van der Waals surface area (Å²) in [5.74, 6) is 0. The van der Waals surface area contributed by atoms with Crippen molar-refractivity contribution < 1.29 is 0 Å². The summed E-state index contributed by atoms with van der Waals surface area (Å²) in [6, 6.07) is 10.7. The Hall–Kier alpha value is 0.434. The lowest BCUT2D eigenvalue weighted by atomic mass is 10.3. The van der Waals surface area contributed by atoms with E-state index in [4.69, 9.17) is 0 Å². The molecular weight excluding hydrogens is 224 g/mol. The molecule has 3 aliphatic heterocycles. The summed E-state index contributed by atoms with van der Waals surface area (Å²) in [4.78, 5) is 0. The van der Waals surface area contributed by atoms with Crippen LogP contribution < -0.4 is 0 Å². The predicted molar refractivity (Wildman–Crippen MR) is 77.3 cm³/mol. The van der Waals surface area contributed by atoms with Gasteiger partial charge in [0, 0.05) is 15.2 Å². The topological polar surface area (TPSA) is 0 Å². The van der Waals surface area contributed by atoms with E-state index in [-0.39, 0.29) is 0 Å². The van der Waals surface area contributed by atoms with Crippen molar-refractivity contribution in [3.05, 3.63) is 0 Å². The van der Waals surface area contributed by atoms with Gasteiger partial charge >= 0.3 is 0 Å². The van der Waals surface area contributed by atoms with Crippen LogP contribution >= 0.6 is 0 Å². The van der Waals surface area contributed by atoms with E-state index in [1.807, 2.05) is 0 Å². The molecule has 0 spiro atoms. The zero-order valence-electron chi connectivity index (χ0n) is 10.9. The van der Waals surface area contributed by atoms with Crippen molar-refractivity contribution in [3.8, 4) is 0 Å². The first-order valence-electron chi connectivity index (χ1n) is 7.87. The number of rotatable bonds is 0. The van der Waals surface area contributed by atoms with Crippen LogP contribution in [-0.2, 0) is 0 Å². The Bertz CT molecular complexity index is 211. The molecule has 92 valence electrons. The van der Waals surface area contributed by atoms with Crippen LogP contribution in [0.5, 0.6) is 0 Å². The Morgan fingerprint density at radius 1 is 0.312 bits per heavy atom. The minimum Gasteiger partial charge on any atom is -0.0590 e. The molecule has 3 rings (SSSR count). The molecule has 3 saturated heterocycles. The summed E-state index contributed by atoms with van der Waals surface area (Å²) in [6.45, 7) is 0. The van der Waals surface area contributed by atoms with Crippen LogP contribution in [0.4, 0.5) is 0 Å². The van der Waals surface area contributed by atoms with Gasteiger partial charge in [0.2, 0.25) is 0 Å². The summed E-state index contributed by atoms with van der Waals surface area (Å²) in [6.07, 6.45) is 13.0. The largest absolute Gasteiger partial charge is 0.0590 e. The summed E-state index contributed by atoms with van der Waals surface area (Å²) in [5, 5.41) is 0. The molecule has 2 heteroatoms. The molecule has 0 amide bonds. The number of hydrogen-bond donors (Lipinski definition) is 0. The quantitative estimate of drug-likeness (QED) is 0.525. The summed E-state index contributed by atoms with van der Waals surface area (Å²) in [5.41, 5.74) is 0. The van der Waals surface area contributed by atoms with Crippen LogP contribution in [0.3, 0.4) is 0 Å². The molecule has 0 radical (unpaired) electrons. The minimum absolute atomic E-state index is 0.698. The first-order chi connectivity index (χ1) is 7.87. The molecule has 0 N–H and O–H groups in total. The standard InChI is InChI=1S/C14H28Si2/c1-3-9-15-11-5-2-6-12-16(15,10-4-1)14-8-7-13-15/h1-14H2. The predicted octanol–water partition coefficient (Wildman–Crippen LogP) is 5.12. The van der Waals surface area contributed by atoms with E-state index in [1.165, 1.54) is 0 Å². The van der Waals surface area contributed by atoms with Gasteiger partial charge in [-0.05, 0) is 0 Å². The van der Waals surface area contributed by atoms with Gasteiger partial charge in [0.15, 0.2) is 0 Å². The lowest BCUT2D eigenvalue weighted by molar-refractivity contribution is 0.739. The highest BCUT2D eigenvalue weighted by Crippen LogP contribution is 2.51. The smallest absolute Gasteiger partial charge is 0.0479 e. The fourth-order valence-electron chi connectivity index (χ4n) is 5.47. The van der Waals surface area contributed by atoms with Gasteiger partial charge in [0.25, 0.3) is 0 Å². The van der Waals surface area contributed by atoms with Gasteiger partial charge in [-0.3, -0.25) is 0 Å². The van der Waals surface area contributed by atoms with Gasteiger partial charge in [-0.1, -0.05) is 87.6 Å². The first-order valence-corrected chi connectivity index (χ1v) is 14.1. The molecule has 0 bridgehead atoms. The molecule has 3 fully saturated rings. The monoisotopic (exact) mass is 252 g/mol. The highest BCUT2D eigenvalue weighted by molar-refractivity contribution is 7.42.